The Bertz CT molecular complexity index is 2380. The van der Waals surface area contributed by atoms with Crippen LogP contribution in [-0.4, -0.2) is 82.4 Å². The Morgan fingerprint density at radius 3 is 1.89 bits per heavy atom. The van der Waals surface area contributed by atoms with Crippen molar-refractivity contribution in [3.8, 4) is 5.88 Å². The fourth-order valence-corrected chi connectivity index (χ4v) is 5.62. The van der Waals surface area contributed by atoms with Crippen molar-refractivity contribution >= 4 is 40.6 Å². The number of hydrogen-bond acceptors (Lipinski definition) is 11. The van der Waals surface area contributed by atoms with Crippen LogP contribution >= 0.6 is 0 Å². The third-order valence-corrected chi connectivity index (χ3v) is 8.32. The number of carbonyl (C=O) groups excluding carboxylic acids is 4. The minimum absolute atomic E-state index is 0.149. The summed E-state index contributed by atoms with van der Waals surface area (Å²) in [6.07, 6.45) is 1.29. The first kappa shape index (κ1) is 32.3. The number of barbiturate groups is 1. The lowest BCUT2D eigenvalue weighted by molar-refractivity contribution is -0.131. The SMILES string of the molecule is CCN1C=C(C(=O)c2c(O)n(C)c(=O)n(C)c2=O)/C(=c2\c(=O)n(C)c(=O)n(C)c2=C2C(=O)N(C)C(=O)N(C)C2=O)c2ccc(C)nc21. The fraction of sp³-hybridized carbons (Fsp3) is 0.300. The van der Waals surface area contributed by atoms with Crippen molar-refractivity contribution in [3.05, 3.63) is 93.0 Å². The molecule has 1 fully saturated rings. The van der Waals surface area contributed by atoms with Crippen molar-refractivity contribution in [1.29, 1.82) is 0 Å². The number of rotatable bonds is 3. The molecule has 3 aromatic heterocycles. The van der Waals surface area contributed by atoms with Gasteiger partial charge in [-0.15, -0.1) is 0 Å². The maximum absolute atomic E-state index is 14.5. The molecule has 0 radical (unpaired) electrons. The first-order valence-corrected chi connectivity index (χ1v) is 14.1. The number of hydrogen-bond donors (Lipinski definition) is 1. The number of aromatic hydroxyl groups is 1. The van der Waals surface area contributed by atoms with Crippen molar-refractivity contribution in [1.82, 2.24) is 33.1 Å². The zero-order chi connectivity index (χ0) is 35.0. The number of carbonyl (C=O) groups is 4. The van der Waals surface area contributed by atoms with Crippen LogP contribution in [0.3, 0.4) is 0 Å². The number of allylic oxidation sites excluding steroid dienone is 1. The molecule has 5 rings (SSSR count). The predicted octanol–water partition coefficient (Wildman–Crippen LogP) is -3.10. The monoisotopic (exact) mass is 646 g/mol. The summed E-state index contributed by atoms with van der Waals surface area (Å²) in [6.45, 7) is 3.68. The van der Waals surface area contributed by atoms with E-state index in [4.69, 9.17) is 0 Å². The van der Waals surface area contributed by atoms with Crippen LogP contribution in [0.5, 0.6) is 5.88 Å². The quantitative estimate of drug-likeness (QED) is 0.283. The Kier molecular flexibility index (Phi) is 7.58. The lowest BCUT2D eigenvalue weighted by Gasteiger charge is -2.30. The highest BCUT2D eigenvalue weighted by atomic mass is 16.3. The zero-order valence-corrected chi connectivity index (χ0v) is 26.7. The number of pyridine rings is 1. The number of Topliss-reactive ketones (excluding diaryl/α,β-unsaturated/α-hetero) is 1. The van der Waals surface area contributed by atoms with Crippen LogP contribution in [0.25, 0.3) is 11.1 Å². The zero-order valence-electron chi connectivity index (χ0n) is 26.7. The van der Waals surface area contributed by atoms with Gasteiger partial charge in [0.05, 0.1) is 10.6 Å². The highest BCUT2D eigenvalue weighted by Crippen LogP contribution is 2.36. The Labute approximate surface area is 264 Å². The van der Waals surface area contributed by atoms with Gasteiger partial charge in [-0.25, -0.2) is 19.4 Å². The van der Waals surface area contributed by atoms with E-state index in [9.17, 15) is 43.5 Å². The van der Waals surface area contributed by atoms with Gasteiger partial charge in [0.2, 0.25) is 11.7 Å². The molecule has 1 N–H and O–H groups in total. The molecule has 244 valence electrons. The Morgan fingerprint density at radius 2 is 1.32 bits per heavy atom. The minimum Gasteiger partial charge on any atom is -0.494 e. The number of fused-ring (bicyclic) bond motifs is 1. The Hall–Kier alpha value is -6.13. The number of aromatic nitrogens is 5. The number of nitrogens with zero attached hydrogens (tertiary/aromatic N) is 8. The van der Waals surface area contributed by atoms with Gasteiger partial charge in [0.25, 0.3) is 22.9 Å². The van der Waals surface area contributed by atoms with Gasteiger partial charge in [0, 0.05) is 77.4 Å². The third-order valence-electron chi connectivity index (χ3n) is 8.32. The Morgan fingerprint density at radius 1 is 0.766 bits per heavy atom. The largest absolute Gasteiger partial charge is 0.494 e. The number of urea groups is 1. The van der Waals surface area contributed by atoms with Crippen molar-refractivity contribution in [3.63, 3.8) is 0 Å². The summed E-state index contributed by atoms with van der Waals surface area (Å²) in [7, 11) is 6.88. The molecule has 2 aliphatic rings. The molecule has 4 amide bonds. The summed E-state index contributed by atoms with van der Waals surface area (Å²) >= 11 is 0. The van der Waals surface area contributed by atoms with E-state index in [1.807, 2.05) is 0 Å². The number of amides is 4. The molecule has 0 aromatic carbocycles. The highest BCUT2D eigenvalue weighted by Gasteiger charge is 2.40. The van der Waals surface area contributed by atoms with Gasteiger partial charge in [-0.1, -0.05) is 0 Å². The van der Waals surface area contributed by atoms with E-state index in [1.54, 1.807) is 30.9 Å². The van der Waals surface area contributed by atoms with Crippen molar-refractivity contribution in [2.24, 2.45) is 28.2 Å². The second-order valence-electron chi connectivity index (χ2n) is 11.1. The van der Waals surface area contributed by atoms with E-state index in [-0.39, 0.29) is 29.1 Å². The van der Waals surface area contributed by atoms with Crippen molar-refractivity contribution in [2.45, 2.75) is 13.8 Å². The average Bonchev–Trinajstić information content (AvgIpc) is 3.05. The molecule has 17 heteroatoms. The lowest BCUT2D eigenvalue weighted by Crippen LogP contribution is -2.63. The van der Waals surface area contributed by atoms with E-state index in [1.165, 1.54) is 13.2 Å². The normalized spacial score (nSPS) is 16.2. The molecule has 3 aromatic rings. The van der Waals surface area contributed by atoms with Gasteiger partial charge in [0.1, 0.15) is 17.0 Å². The van der Waals surface area contributed by atoms with Crippen molar-refractivity contribution < 1.29 is 24.3 Å². The maximum atomic E-state index is 14.5. The molecular formula is C30H30N8O9. The second-order valence-corrected chi connectivity index (χ2v) is 11.1. The average molecular weight is 647 g/mol. The highest BCUT2D eigenvalue weighted by molar-refractivity contribution is 6.45. The van der Waals surface area contributed by atoms with Gasteiger partial charge in [-0.2, -0.15) is 0 Å². The van der Waals surface area contributed by atoms with Gasteiger partial charge >= 0.3 is 17.4 Å². The standard InChI is InChI=1S/C30H30N8O9/c1-9-38-12-15(21(39)19-26(43)36(7)30(47)37(8)27(19)44)16(14-11-10-13(2)31-22(14)38)17-20(32(3)28(45)33(4)23(17)40)18-24(41)34(5)29(46)35(6)25(18)42/h10-12,43H,9H2,1-8H3/b17-16-. The van der Waals surface area contributed by atoms with Gasteiger partial charge in [0.15, 0.2) is 0 Å². The van der Waals surface area contributed by atoms with Crippen LogP contribution in [0.15, 0.2) is 43.1 Å². The molecule has 0 unspecified atom stereocenters. The van der Waals surface area contributed by atoms with Crippen molar-refractivity contribution in [2.75, 3.05) is 25.5 Å². The third kappa shape index (κ3) is 4.49. The van der Waals surface area contributed by atoms with Crippen LogP contribution in [0.4, 0.5) is 10.6 Å². The molecular weight excluding hydrogens is 616 g/mol. The van der Waals surface area contributed by atoms with E-state index < -0.39 is 73.7 Å². The van der Waals surface area contributed by atoms with Crippen LogP contribution < -0.4 is 38.0 Å². The van der Waals surface area contributed by atoms with E-state index in [0.29, 0.717) is 29.2 Å². The van der Waals surface area contributed by atoms with E-state index in [2.05, 4.69) is 4.98 Å². The predicted molar refractivity (Wildman–Crippen MR) is 166 cm³/mol. The summed E-state index contributed by atoms with van der Waals surface area (Å²) in [5.74, 6) is -4.03. The molecule has 0 atom stereocenters. The number of anilines is 1. The summed E-state index contributed by atoms with van der Waals surface area (Å²) < 4.78 is 2.91. The molecule has 0 spiro atoms. The van der Waals surface area contributed by atoms with Gasteiger partial charge < -0.3 is 10.0 Å². The summed E-state index contributed by atoms with van der Waals surface area (Å²) in [5.41, 5.74) is -5.39. The first-order chi connectivity index (χ1) is 22.0. The van der Waals surface area contributed by atoms with Crippen LogP contribution in [0, 0.1) is 6.92 Å². The molecule has 47 heavy (non-hydrogen) atoms. The number of imide groups is 2. The molecule has 0 aliphatic carbocycles. The molecule has 5 heterocycles. The van der Waals surface area contributed by atoms with Gasteiger partial charge in [-0.05, 0) is 26.0 Å². The molecule has 0 bridgehead atoms. The maximum Gasteiger partial charge on any atom is 0.333 e. The smallest absolute Gasteiger partial charge is 0.333 e. The number of aryl methyl sites for hydroxylation is 1. The Balaban J connectivity index is 2.14. The molecule has 2 aliphatic heterocycles. The van der Waals surface area contributed by atoms with Crippen LogP contribution in [0.1, 0.15) is 28.5 Å². The molecule has 0 saturated carbocycles. The summed E-state index contributed by atoms with van der Waals surface area (Å²) in [4.78, 5) is 115. The molecule has 17 nitrogen and oxygen atoms in total. The minimum atomic E-state index is -1.13. The summed E-state index contributed by atoms with van der Waals surface area (Å²) in [6, 6.07) is 2.17. The second kappa shape index (κ2) is 11.0. The van der Waals surface area contributed by atoms with Gasteiger partial charge in [-0.3, -0.25) is 52.0 Å². The van der Waals surface area contributed by atoms with E-state index in [0.717, 1.165) is 39.8 Å². The van der Waals surface area contributed by atoms with Crippen LogP contribution in [-0.2, 0) is 37.8 Å². The summed E-state index contributed by atoms with van der Waals surface area (Å²) in [5, 5.41) is 9.94. The number of ketones is 1. The fourth-order valence-electron chi connectivity index (χ4n) is 5.62. The molecule has 1 saturated heterocycles. The topological polar surface area (TPSA) is 199 Å². The van der Waals surface area contributed by atoms with Crippen LogP contribution in [0.2, 0.25) is 0 Å². The van der Waals surface area contributed by atoms with E-state index >= 15 is 0 Å². The lowest BCUT2D eigenvalue weighted by atomic mass is 9.88. The first-order valence-electron chi connectivity index (χ1n) is 14.1.